The molecule has 48 valence electrons. The van der Waals surface area contributed by atoms with Gasteiger partial charge >= 0.3 is 51.4 Å². The quantitative estimate of drug-likeness (QED) is 0.365. The van der Waals surface area contributed by atoms with Crippen LogP contribution in [0.25, 0.3) is 0 Å². The van der Waals surface area contributed by atoms with Gasteiger partial charge in [0, 0.05) is 0 Å². The first-order chi connectivity index (χ1) is 4.30. The number of hydrogen-bond acceptors (Lipinski definition) is 2. The third-order valence-electron chi connectivity index (χ3n) is 1.08. The molecule has 0 aliphatic rings. The fraction of sp³-hybridized carbons (Fsp3) is 0.429. The van der Waals surface area contributed by atoms with Crippen LogP contribution >= 0.6 is 0 Å². The predicted octanol–water partition coefficient (Wildman–Crippen LogP) is -1.60. The van der Waals surface area contributed by atoms with Crippen LogP contribution in [0, 0.1) is 6.20 Å². The van der Waals surface area contributed by atoms with Crippen molar-refractivity contribution in [2.24, 2.45) is 0 Å². The Kier molecular flexibility index (Phi) is 5.76. The Morgan fingerprint density at radius 1 is 1.40 bits per heavy atom. The van der Waals surface area contributed by atoms with Crippen molar-refractivity contribution in [2.45, 2.75) is 19.8 Å². The third kappa shape index (κ3) is 3.21. The summed E-state index contributed by atoms with van der Waals surface area (Å²) in [7, 11) is 0. The van der Waals surface area contributed by atoms with Crippen LogP contribution in [0.1, 0.15) is 25.5 Å². The van der Waals surface area contributed by atoms with Crippen LogP contribution in [0.5, 0.6) is 0 Å². The van der Waals surface area contributed by atoms with Gasteiger partial charge < -0.3 is 4.98 Å². The monoisotopic (exact) mass is 160 g/mol. The van der Waals surface area contributed by atoms with Gasteiger partial charge in [-0.25, -0.2) is 0 Å². The van der Waals surface area contributed by atoms with E-state index in [2.05, 4.69) is 30.0 Å². The zero-order chi connectivity index (χ0) is 6.69. The van der Waals surface area contributed by atoms with Crippen molar-refractivity contribution in [3.05, 3.63) is 24.3 Å². The first-order valence-electron chi connectivity index (χ1n) is 2.99. The number of aromatic nitrogens is 2. The van der Waals surface area contributed by atoms with Crippen molar-refractivity contribution in [3.8, 4) is 0 Å². The number of nitrogens with zero attached hydrogens (tertiary/aromatic N) is 2. The third-order valence-corrected chi connectivity index (χ3v) is 1.08. The Bertz CT molecular complexity index is 174. The van der Waals surface area contributed by atoms with Crippen molar-refractivity contribution < 1.29 is 51.4 Å². The normalized spacial score (nSPS) is 9.10. The van der Waals surface area contributed by atoms with Gasteiger partial charge in [0.1, 0.15) is 0 Å². The van der Waals surface area contributed by atoms with Crippen molar-refractivity contribution >= 4 is 0 Å². The van der Waals surface area contributed by atoms with Crippen LogP contribution in [-0.2, 0) is 0 Å². The molecule has 1 heterocycles. The summed E-state index contributed by atoms with van der Waals surface area (Å²) in [6, 6.07) is 0. The summed E-state index contributed by atoms with van der Waals surface area (Å²) in [6.45, 7) is 4.14. The molecule has 3 heteroatoms. The maximum atomic E-state index is 4.06. The van der Waals surface area contributed by atoms with E-state index >= 15 is 0 Å². The summed E-state index contributed by atoms with van der Waals surface area (Å²) in [4.78, 5) is 7.88. The van der Waals surface area contributed by atoms with Crippen LogP contribution < -0.4 is 51.4 Å². The van der Waals surface area contributed by atoms with Gasteiger partial charge in [0.15, 0.2) is 0 Å². The van der Waals surface area contributed by atoms with Gasteiger partial charge in [0.05, 0.1) is 0 Å². The molecule has 0 fully saturated rings. The Hall–Kier alpha value is 0.716. The maximum absolute atomic E-state index is 4.06. The second-order valence-electron chi connectivity index (χ2n) is 2.21. The molecule has 0 bridgehead atoms. The van der Waals surface area contributed by atoms with E-state index in [4.69, 9.17) is 0 Å². The van der Waals surface area contributed by atoms with Gasteiger partial charge in [-0.1, -0.05) is 13.8 Å². The second kappa shape index (κ2) is 5.38. The molecule has 1 aromatic rings. The molecule has 0 saturated heterocycles. The zero-order valence-corrected chi connectivity index (χ0v) is 9.75. The van der Waals surface area contributed by atoms with Crippen molar-refractivity contribution in [3.63, 3.8) is 0 Å². The van der Waals surface area contributed by atoms with E-state index < -0.39 is 0 Å². The molecule has 0 saturated carbocycles. The summed E-state index contributed by atoms with van der Waals surface area (Å²) in [5.41, 5.74) is 0.928. The summed E-state index contributed by atoms with van der Waals surface area (Å²) in [5, 5.41) is 0. The molecule has 0 radical (unpaired) electrons. The summed E-state index contributed by atoms with van der Waals surface area (Å²) < 4.78 is 0. The van der Waals surface area contributed by atoms with E-state index in [0.717, 1.165) is 5.69 Å². The molecule has 1 rings (SSSR count). The van der Waals surface area contributed by atoms with Crippen molar-refractivity contribution in [2.75, 3.05) is 0 Å². The Labute approximate surface area is 104 Å². The summed E-state index contributed by atoms with van der Waals surface area (Å²) in [5.74, 6) is 0.429. The number of hydrogen-bond donors (Lipinski definition) is 0. The fourth-order valence-electron chi connectivity index (χ4n) is 0.557. The second-order valence-corrected chi connectivity index (χ2v) is 2.21. The first kappa shape index (κ1) is 10.7. The van der Waals surface area contributed by atoms with E-state index in [1.54, 1.807) is 12.4 Å². The first-order valence-corrected chi connectivity index (χ1v) is 2.99. The van der Waals surface area contributed by atoms with Gasteiger partial charge in [-0.3, -0.25) is 4.98 Å². The van der Waals surface area contributed by atoms with Gasteiger partial charge in [-0.15, -0.1) is 12.4 Å². The van der Waals surface area contributed by atoms with Crippen molar-refractivity contribution in [1.82, 2.24) is 9.97 Å². The van der Waals surface area contributed by atoms with E-state index in [0.29, 0.717) is 5.92 Å². The van der Waals surface area contributed by atoms with Gasteiger partial charge in [-0.05, 0) is 17.8 Å². The summed E-state index contributed by atoms with van der Waals surface area (Å²) in [6.07, 6.45) is 6.12. The average Bonchev–Trinajstić information content (AvgIpc) is 1.90. The fourth-order valence-corrected chi connectivity index (χ4v) is 0.557. The van der Waals surface area contributed by atoms with Crippen LogP contribution in [0.15, 0.2) is 12.4 Å². The van der Waals surface area contributed by atoms with Crippen LogP contribution in [0.3, 0.4) is 0 Å². The topological polar surface area (TPSA) is 25.8 Å². The maximum Gasteiger partial charge on any atom is 1.00 e. The molecule has 0 aromatic carbocycles. The minimum absolute atomic E-state index is 0. The Morgan fingerprint density at radius 3 is 2.40 bits per heavy atom. The molecule has 10 heavy (non-hydrogen) atoms. The number of rotatable bonds is 1. The molecule has 0 atom stereocenters. The van der Waals surface area contributed by atoms with Gasteiger partial charge in [-0.2, -0.15) is 0 Å². The molecule has 0 aliphatic heterocycles. The zero-order valence-electron chi connectivity index (χ0n) is 6.63. The largest absolute Gasteiger partial charge is 1.00 e. The van der Waals surface area contributed by atoms with E-state index in [9.17, 15) is 0 Å². The smallest absolute Gasteiger partial charge is 0.456 e. The van der Waals surface area contributed by atoms with Crippen LogP contribution in [-0.4, -0.2) is 9.97 Å². The molecule has 0 N–H and O–H groups in total. The SMILES string of the molecule is CC(C)c1[c-]nccn1.[K+]. The molecule has 2 nitrogen and oxygen atoms in total. The molecule has 0 aliphatic carbocycles. The summed E-state index contributed by atoms with van der Waals surface area (Å²) >= 11 is 0. The minimum Gasteiger partial charge on any atom is -0.456 e. The molecular formula is C7H9KN2. The van der Waals surface area contributed by atoms with Crippen LogP contribution in [0.2, 0.25) is 0 Å². The van der Waals surface area contributed by atoms with E-state index in [-0.39, 0.29) is 51.4 Å². The van der Waals surface area contributed by atoms with Gasteiger partial charge in [0.25, 0.3) is 0 Å². The molecule has 0 spiro atoms. The molecule has 1 aromatic heterocycles. The van der Waals surface area contributed by atoms with Crippen molar-refractivity contribution in [1.29, 1.82) is 0 Å². The van der Waals surface area contributed by atoms with E-state index in [1.165, 1.54) is 0 Å². The standard InChI is InChI=1S/C7H9N2.K/c1-6(2)7-5-8-3-4-9-7;/h3-4,6H,1-2H3;/q-1;+1. The molecule has 0 unspecified atom stereocenters. The Morgan fingerprint density at radius 2 is 2.10 bits per heavy atom. The predicted molar refractivity (Wildman–Crippen MR) is 35.0 cm³/mol. The molecular weight excluding hydrogens is 151 g/mol. The Balaban J connectivity index is 0.000000810. The minimum atomic E-state index is 0. The average molecular weight is 160 g/mol. The van der Waals surface area contributed by atoms with Crippen LogP contribution in [0.4, 0.5) is 0 Å². The molecule has 0 amide bonds. The van der Waals surface area contributed by atoms with E-state index in [1.807, 2.05) is 0 Å². The van der Waals surface area contributed by atoms with Gasteiger partial charge in [0.2, 0.25) is 0 Å².